The van der Waals surface area contributed by atoms with E-state index in [2.05, 4.69) is 55.7 Å². The van der Waals surface area contributed by atoms with Gasteiger partial charge in [0.15, 0.2) is 0 Å². The normalized spacial score (nSPS) is 9.20. The third kappa shape index (κ3) is 11.8. The maximum Gasteiger partial charge on any atom is 0.122 e. The fraction of sp³-hybridized carbons (Fsp3) is 0.333. The number of halogens is 4. The Morgan fingerprint density at radius 3 is 1.87 bits per heavy atom. The fourth-order valence-electron chi connectivity index (χ4n) is 1.82. The molecular formula is C21H32Br2Cl2N4O. The van der Waals surface area contributed by atoms with Crippen molar-refractivity contribution in [2.45, 2.75) is 41.0 Å². The van der Waals surface area contributed by atoms with Gasteiger partial charge in [-0.15, -0.1) is 24.8 Å². The maximum atomic E-state index is 9.50. The number of nitrogens with zero attached hydrogens (tertiary/aromatic N) is 1. The summed E-state index contributed by atoms with van der Waals surface area (Å²) in [5.74, 6) is 1.70. The van der Waals surface area contributed by atoms with E-state index in [9.17, 15) is 4.79 Å². The van der Waals surface area contributed by atoms with Crippen LogP contribution in [0.15, 0.2) is 45.3 Å². The van der Waals surface area contributed by atoms with E-state index in [1.54, 1.807) is 12.1 Å². The number of benzene rings is 2. The van der Waals surface area contributed by atoms with Gasteiger partial charge in [0.1, 0.15) is 12.1 Å². The van der Waals surface area contributed by atoms with E-state index in [1.165, 1.54) is 0 Å². The number of aromatic nitrogens is 2. The number of fused-ring (bicyclic) bond motifs is 1. The van der Waals surface area contributed by atoms with Gasteiger partial charge in [0.25, 0.3) is 0 Å². The molecule has 0 saturated heterocycles. The molecule has 1 aromatic heterocycles. The number of carbonyl (C=O) groups excluding carboxylic acids is 1. The van der Waals surface area contributed by atoms with Crippen LogP contribution in [-0.4, -0.2) is 16.3 Å². The Labute approximate surface area is 208 Å². The van der Waals surface area contributed by atoms with Crippen molar-refractivity contribution in [3.8, 4) is 0 Å². The summed E-state index contributed by atoms with van der Waals surface area (Å²) >= 11 is 6.69. The van der Waals surface area contributed by atoms with Gasteiger partial charge in [-0.1, -0.05) is 67.0 Å². The second-order valence-electron chi connectivity index (χ2n) is 6.59. The standard InChI is InChI=1S/C10H11BrN2.C6H7BrN2.C4H8O.CH4.2ClH/c1-6(2)10-12-8-4-3-7(11)5-9(8)13-10;7-4-1-2-5(8)6(9)3-4;1-4(2)3-5;;;/h3-6H,1-2H3,(H,12,13);1-3H,8-9H2;3-4H,1-2H3;1H4;2*1H. The Kier molecular flexibility index (Phi) is 18.3. The van der Waals surface area contributed by atoms with Crippen molar-refractivity contribution in [3.05, 3.63) is 51.2 Å². The predicted octanol–water partition coefficient (Wildman–Crippen LogP) is 7.38. The molecule has 3 aromatic rings. The highest BCUT2D eigenvalue weighted by molar-refractivity contribution is 9.10. The zero-order valence-corrected chi connectivity index (χ0v) is 21.6. The summed E-state index contributed by atoms with van der Waals surface area (Å²) in [5.41, 5.74) is 14.3. The van der Waals surface area contributed by atoms with Crippen molar-refractivity contribution in [2.24, 2.45) is 5.92 Å². The number of nitrogens with one attached hydrogen (secondary N) is 1. The van der Waals surface area contributed by atoms with E-state index in [0.717, 1.165) is 32.1 Å². The molecule has 0 aliphatic heterocycles. The molecular weight excluding hydrogens is 555 g/mol. The van der Waals surface area contributed by atoms with E-state index >= 15 is 0 Å². The third-order valence-electron chi connectivity index (χ3n) is 3.33. The summed E-state index contributed by atoms with van der Waals surface area (Å²) < 4.78 is 2.04. The molecule has 0 radical (unpaired) electrons. The first kappa shape index (κ1) is 33.4. The second kappa shape index (κ2) is 16.4. The number of carbonyl (C=O) groups is 1. The Balaban J connectivity index is -0.000000381. The highest BCUT2D eigenvalue weighted by atomic mass is 79.9. The zero-order chi connectivity index (χ0) is 20.6. The van der Waals surface area contributed by atoms with Gasteiger partial charge < -0.3 is 21.2 Å². The first-order valence-corrected chi connectivity index (χ1v) is 10.1. The molecule has 0 atom stereocenters. The van der Waals surface area contributed by atoms with Crippen LogP contribution in [0.1, 0.15) is 46.9 Å². The second-order valence-corrected chi connectivity index (χ2v) is 8.42. The van der Waals surface area contributed by atoms with Crippen molar-refractivity contribution < 1.29 is 4.79 Å². The smallest absolute Gasteiger partial charge is 0.122 e. The molecule has 0 aliphatic carbocycles. The van der Waals surface area contributed by atoms with Gasteiger partial charge in [-0.3, -0.25) is 0 Å². The molecule has 0 unspecified atom stereocenters. The molecule has 0 aliphatic rings. The number of anilines is 2. The largest absolute Gasteiger partial charge is 0.397 e. The molecule has 9 heteroatoms. The first-order chi connectivity index (χ1) is 12.6. The average Bonchev–Trinajstić information content (AvgIpc) is 3.03. The number of rotatable bonds is 2. The molecule has 0 amide bonds. The van der Waals surface area contributed by atoms with E-state index in [4.69, 9.17) is 11.5 Å². The molecule has 5 nitrogen and oxygen atoms in total. The zero-order valence-electron chi connectivity index (χ0n) is 16.8. The Bertz CT molecular complexity index is 887. The summed E-state index contributed by atoms with van der Waals surface area (Å²) in [6.07, 6.45) is 0.917. The van der Waals surface area contributed by atoms with Gasteiger partial charge in [-0.25, -0.2) is 4.98 Å². The van der Waals surface area contributed by atoms with Gasteiger partial charge in [0.05, 0.1) is 22.4 Å². The van der Waals surface area contributed by atoms with Gasteiger partial charge >= 0.3 is 0 Å². The van der Waals surface area contributed by atoms with Crippen LogP contribution in [0, 0.1) is 5.92 Å². The molecule has 30 heavy (non-hydrogen) atoms. The van der Waals surface area contributed by atoms with Crippen LogP contribution in [0.2, 0.25) is 0 Å². The van der Waals surface area contributed by atoms with Crippen LogP contribution in [0.25, 0.3) is 11.0 Å². The molecule has 0 saturated carbocycles. The van der Waals surface area contributed by atoms with E-state index in [1.807, 2.05) is 38.1 Å². The highest BCUT2D eigenvalue weighted by Gasteiger charge is 2.05. The van der Waals surface area contributed by atoms with E-state index in [-0.39, 0.29) is 38.2 Å². The number of aldehydes is 1. The summed E-state index contributed by atoms with van der Waals surface area (Å²) in [6.45, 7) is 7.97. The number of aromatic amines is 1. The molecule has 170 valence electrons. The predicted molar refractivity (Wildman–Crippen MR) is 143 cm³/mol. The van der Waals surface area contributed by atoms with Crippen LogP contribution >= 0.6 is 56.7 Å². The lowest BCUT2D eigenvalue weighted by Gasteiger charge is -1.97. The number of nitrogen functional groups attached to an aromatic ring is 2. The van der Waals surface area contributed by atoms with Gasteiger partial charge in [-0.05, 0) is 36.4 Å². The Morgan fingerprint density at radius 2 is 1.43 bits per heavy atom. The number of imidazole rings is 1. The number of hydrogen-bond acceptors (Lipinski definition) is 4. The van der Waals surface area contributed by atoms with Gasteiger partial charge in [-0.2, -0.15) is 0 Å². The minimum absolute atomic E-state index is 0. The highest BCUT2D eigenvalue weighted by Crippen LogP contribution is 2.21. The van der Waals surface area contributed by atoms with Crippen molar-refractivity contribution in [3.63, 3.8) is 0 Å². The Hall–Kier alpha value is -1.28. The van der Waals surface area contributed by atoms with Crippen molar-refractivity contribution in [1.82, 2.24) is 9.97 Å². The molecule has 0 fully saturated rings. The minimum atomic E-state index is 0. The first-order valence-electron chi connectivity index (χ1n) is 8.55. The van der Waals surface area contributed by atoms with Crippen LogP contribution in [-0.2, 0) is 4.79 Å². The SMILES string of the molecule is C.CC(C)C=O.CC(C)c1nc2ccc(Br)cc2[nH]1.Cl.Cl.Nc1ccc(Br)cc1N. The van der Waals surface area contributed by atoms with Crippen molar-refractivity contribution in [2.75, 3.05) is 11.5 Å². The van der Waals surface area contributed by atoms with E-state index in [0.29, 0.717) is 17.3 Å². The van der Waals surface area contributed by atoms with Crippen molar-refractivity contribution in [1.29, 1.82) is 0 Å². The summed E-state index contributed by atoms with van der Waals surface area (Å²) in [5, 5.41) is 0. The quantitative estimate of drug-likeness (QED) is 0.215. The summed E-state index contributed by atoms with van der Waals surface area (Å²) in [7, 11) is 0. The number of hydrogen-bond donors (Lipinski definition) is 3. The maximum absolute atomic E-state index is 9.50. The van der Waals surface area contributed by atoms with Crippen LogP contribution < -0.4 is 11.5 Å². The third-order valence-corrected chi connectivity index (χ3v) is 4.32. The van der Waals surface area contributed by atoms with Gasteiger partial charge in [0.2, 0.25) is 0 Å². The monoisotopic (exact) mass is 584 g/mol. The van der Waals surface area contributed by atoms with Crippen molar-refractivity contribution >= 4 is 85.4 Å². The summed E-state index contributed by atoms with van der Waals surface area (Å²) in [4.78, 5) is 17.3. The molecule has 0 spiro atoms. The van der Waals surface area contributed by atoms with Gasteiger partial charge in [0, 0.05) is 20.8 Å². The molecule has 5 N–H and O–H groups in total. The van der Waals surface area contributed by atoms with Crippen LogP contribution in [0.4, 0.5) is 11.4 Å². The molecule has 3 rings (SSSR count). The minimum Gasteiger partial charge on any atom is -0.397 e. The molecule has 2 aromatic carbocycles. The lowest BCUT2D eigenvalue weighted by atomic mass is 10.2. The topological polar surface area (TPSA) is 97.8 Å². The van der Waals surface area contributed by atoms with Crippen LogP contribution in [0.3, 0.4) is 0 Å². The molecule has 1 heterocycles. The summed E-state index contributed by atoms with van der Waals surface area (Å²) in [6, 6.07) is 11.5. The fourth-order valence-corrected chi connectivity index (χ4v) is 2.56. The number of H-pyrrole nitrogens is 1. The Morgan fingerprint density at radius 1 is 0.933 bits per heavy atom. The van der Waals surface area contributed by atoms with E-state index < -0.39 is 0 Å². The lowest BCUT2D eigenvalue weighted by Crippen LogP contribution is -1.92. The number of nitrogens with two attached hydrogens (primary N) is 2. The lowest BCUT2D eigenvalue weighted by molar-refractivity contribution is -0.110. The van der Waals surface area contributed by atoms with Crippen LogP contribution in [0.5, 0.6) is 0 Å². The average molecular weight is 587 g/mol. The molecule has 0 bridgehead atoms.